The maximum atomic E-state index is 13.4. The monoisotopic (exact) mass is 2220 g/mol. The number of alkyl halides is 8. The Hall–Kier alpha value is -9.56. The van der Waals surface area contributed by atoms with Crippen LogP contribution in [-0.4, -0.2) is 317 Å². The van der Waals surface area contributed by atoms with Crippen LogP contribution in [0, 0.1) is 101 Å². The summed E-state index contributed by atoms with van der Waals surface area (Å²) in [5, 5.41) is -19.4. The predicted octanol–water partition coefficient (Wildman–Crippen LogP) is 3.27. The van der Waals surface area contributed by atoms with Crippen molar-refractivity contribution in [3.05, 3.63) is 0 Å². The number of ether oxygens (including phenoxy) is 20. The molecule has 0 spiro atoms. The Kier molecular flexibility index (Phi) is 36.9. The molecule has 148 heavy (non-hydrogen) atoms. The molecule has 4 aliphatic heterocycles. The fourth-order valence-electron chi connectivity index (χ4n) is 21.2. The largest absolute Gasteiger partial charge is 0.743 e. The second-order valence-corrected chi connectivity index (χ2v) is 46.3. The molecule has 4 heterocycles. The van der Waals surface area contributed by atoms with Crippen molar-refractivity contribution in [3.63, 3.8) is 0 Å². The summed E-state index contributed by atoms with van der Waals surface area (Å²) >= 11 is 0. The van der Waals surface area contributed by atoms with Gasteiger partial charge in [-0.15, -0.1) is 0 Å². The SMILES string of the molecule is CC(OC(=O)COCC(=O)OC1C2CC3C1OC(=O)C3C2C(=O)OC(C)(C)C)C(F)(F)S(=O)(=O)[O-].CC(OC(=O)COCC(=O)OC1C2CC3C1OC(=O)C3C2C(=O)OC(C)(C)C1CCCCC1)C(F)(F)S(=O)(=O)[O-].CCC(C)(C)OC(=O)C1C2CC3C(OC(=O)C31)C2OC(=O)COCC(=O)OC(C)C(F)(F)S(=O)(=O)[O-].CCC(C)(CC)OC(=O)C1C2CC3C(OC(=O)C31)C2OC(=O)COCC(=O)OC(C)C(F)(F)S(=O)(=O)[O-]. The lowest BCUT2D eigenvalue weighted by Gasteiger charge is -2.38. The van der Waals surface area contributed by atoms with Gasteiger partial charge in [-0.05, 0) is 147 Å². The molecule has 13 rings (SSSR count). The van der Waals surface area contributed by atoms with E-state index < -0.39 is 377 Å². The van der Waals surface area contributed by atoms with Crippen molar-refractivity contribution >= 4 is 136 Å². The summed E-state index contributed by atoms with van der Waals surface area (Å²) in [7, 11) is -24.3. The highest BCUT2D eigenvalue weighted by Gasteiger charge is 2.75. The van der Waals surface area contributed by atoms with E-state index in [1.807, 2.05) is 34.6 Å². The Morgan fingerprint density at radius 1 is 0.324 bits per heavy atom. The van der Waals surface area contributed by atoms with Crippen molar-refractivity contribution in [2.45, 2.75) is 298 Å². The summed E-state index contributed by atoms with van der Waals surface area (Å²) in [5.74, 6) is -23.5. The molecule has 4 saturated heterocycles. The van der Waals surface area contributed by atoms with Gasteiger partial charge in [-0.25, -0.2) is 72.0 Å². The predicted molar refractivity (Wildman–Crippen MR) is 456 cm³/mol. The van der Waals surface area contributed by atoms with Gasteiger partial charge >= 0.3 is 117 Å². The Bertz CT molecular complexity index is 5530. The minimum Gasteiger partial charge on any atom is -0.743 e. The van der Waals surface area contributed by atoms with E-state index in [0.717, 1.165) is 32.1 Å². The molecule has 0 aromatic carbocycles. The lowest BCUT2D eigenvalue weighted by molar-refractivity contribution is -0.179. The Labute approximate surface area is 841 Å². The molecule has 48 nitrogen and oxygen atoms in total. The lowest BCUT2D eigenvalue weighted by atomic mass is 9.77. The molecule has 0 N–H and O–H groups in total. The van der Waals surface area contributed by atoms with Crippen molar-refractivity contribution in [2.24, 2.45) is 101 Å². The van der Waals surface area contributed by atoms with Gasteiger partial charge in [-0.1, -0.05) is 40.0 Å². The van der Waals surface area contributed by atoms with Crippen molar-refractivity contribution in [3.8, 4) is 0 Å². The highest BCUT2D eigenvalue weighted by molar-refractivity contribution is 7.87. The van der Waals surface area contributed by atoms with E-state index in [1.165, 1.54) is 0 Å². The Morgan fingerprint density at radius 2 is 0.547 bits per heavy atom. The van der Waals surface area contributed by atoms with E-state index >= 15 is 0 Å². The topological polar surface area (TPSA) is 687 Å². The van der Waals surface area contributed by atoms with Crippen molar-refractivity contribution in [1.82, 2.24) is 0 Å². The van der Waals surface area contributed by atoms with Gasteiger partial charge in [-0.2, -0.15) is 35.1 Å². The first-order chi connectivity index (χ1) is 68.0. The van der Waals surface area contributed by atoms with Gasteiger partial charge in [0.15, 0.2) is 64.9 Å². The molecule has 9 aliphatic carbocycles. The summed E-state index contributed by atoms with van der Waals surface area (Å²) in [5.41, 5.74) is -2.99. The zero-order chi connectivity index (χ0) is 111. The number of carbonyl (C=O) groups is 16. The van der Waals surface area contributed by atoms with Crippen LogP contribution in [0.3, 0.4) is 0 Å². The number of hydrogen-bond donors (Lipinski definition) is 0. The van der Waals surface area contributed by atoms with Crippen LogP contribution in [0.2, 0.25) is 0 Å². The molecule has 838 valence electrons. The van der Waals surface area contributed by atoms with Gasteiger partial charge < -0.3 is 113 Å². The molecule has 0 amide bonds. The smallest absolute Gasteiger partial charge is 0.370 e. The van der Waals surface area contributed by atoms with Crippen molar-refractivity contribution in [1.29, 1.82) is 0 Å². The van der Waals surface area contributed by atoms with Crippen LogP contribution in [0.15, 0.2) is 0 Å². The first kappa shape index (κ1) is 120. The normalized spacial score (nSPS) is 30.3. The van der Waals surface area contributed by atoms with E-state index in [9.17, 15) is 164 Å². The zero-order valence-electron chi connectivity index (χ0n) is 82.1. The molecule has 13 aliphatic rings. The number of esters is 16. The van der Waals surface area contributed by atoms with E-state index in [2.05, 4.69) is 18.9 Å². The molecule has 0 aromatic heterocycles. The molecule has 28 atom stereocenters. The summed E-state index contributed by atoms with van der Waals surface area (Å²) in [4.78, 5) is 198. The second kappa shape index (κ2) is 45.4. The molecule has 13 fully saturated rings. The molecule has 28 unspecified atom stereocenters. The molecular weight excluding hydrogens is 2110 g/mol. The standard InChI is InChI=1S/C25H34F2O12S.C22H30F2O12S.C21H28F2O12S.C20H26F2O12S/c1-12(25(26,27)40(32,33)34)36-16(28)10-35-11-17(29)37-20-15-9-14-18(22(30)38-21(14)20)19(15)23(31)39-24(2,3)13-7-5-4-6-8-13;1-5-21(4,6-2)36-20(28)16-12-7-11-15(16)19(27)35-18(11)17(12)34-14(26)9-32-8-13(25)33-10(3)22(23,24)37(29,30)31;1-5-20(3,4)35-19(27)15-11-6-10-14(15)18(26)34-17(10)16(11)33-13(25)8-31-7-12(24)32-9(2)21(22,23)36(28,29)30;1-8(20(21,22)35(27,28)29)31-11(23)6-30-7-12(24)32-15-10-5-9-13(17(25)33-16(9)15)14(10)18(26)34-19(2,3)4/h12-15,18-21H,4-11H2,1-3H3,(H,32,33,34);10-12,15-18H,5-9H2,1-4H3,(H,29,30,31);9-11,14-17H,5-8H2,1-4H3,(H,28,29,30);8-10,13-16H,5-7H2,1-4H3,(H,27,28,29)/p-4. The van der Waals surface area contributed by atoms with Crippen LogP contribution in [0.1, 0.15) is 181 Å². The van der Waals surface area contributed by atoms with E-state index in [-0.39, 0.29) is 29.6 Å². The first-order valence-corrected chi connectivity index (χ1v) is 52.6. The average molecular weight is 2220 g/mol. The Morgan fingerprint density at radius 3 is 0.770 bits per heavy atom. The number of rotatable bonds is 43. The van der Waals surface area contributed by atoms with Crippen LogP contribution in [-0.2, 0) is 212 Å². The van der Waals surface area contributed by atoms with Crippen LogP contribution < -0.4 is 0 Å². The number of carbonyl (C=O) groups excluding carboxylic acids is 16. The molecule has 8 bridgehead atoms. The van der Waals surface area contributed by atoms with Gasteiger partial charge in [0.25, 0.3) is 0 Å². The maximum Gasteiger partial charge on any atom is 0.370 e. The third kappa shape index (κ3) is 26.1. The molecule has 9 saturated carbocycles. The fourth-order valence-corrected chi connectivity index (χ4v) is 23.0. The highest BCUT2D eigenvalue weighted by atomic mass is 32.2. The third-order valence-electron chi connectivity index (χ3n) is 29.0. The summed E-state index contributed by atoms with van der Waals surface area (Å²) in [6, 6.07) is 0. The number of fused-ring (bicyclic) bond motifs is 4. The van der Waals surface area contributed by atoms with Crippen molar-refractivity contribution in [2.75, 3.05) is 52.9 Å². The van der Waals surface area contributed by atoms with Gasteiger partial charge in [-0.3, -0.25) is 38.4 Å². The summed E-state index contributed by atoms with van der Waals surface area (Å²) in [6.07, 6.45) is -8.58. The minimum absolute atomic E-state index is 0.198. The van der Waals surface area contributed by atoms with E-state index in [1.54, 1.807) is 41.5 Å². The minimum atomic E-state index is -6.08. The van der Waals surface area contributed by atoms with Gasteiger partial charge in [0.2, 0.25) is 0 Å². The summed E-state index contributed by atoms with van der Waals surface area (Å²) in [6.45, 7) is 14.3. The molecule has 0 radical (unpaired) electrons. The number of halogens is 8. The quantitative estimate of drug-likeness (QED) is 0.0366. The van der Waals surface area contributed by atoms with Crippen LogP contribution >= 0.6 is 0 Å². The molecular formula is C88H114F8O48S4-4. The second-order valence-electron chi connectivity index (χ2n) is 40.5. The fraction of sp³-hybridized carbons (Fsp3) is 0.818. The zero-order valence-corrected chi connectivity index (χ0v) is 85.4. The molecule has 0 aromatic rings. The maximum absolute atomic E-state index is 13.4. The van der Waals surface area contributed by atoms with Crippen LogP contribution in [0.4, 0.5) is 35.1 Å². The number of hydrogen-bond acceptors (Lipinski definition) is 48. The van der Waals surface area contributed by atoms with Crippen LogP contribution in [0.5, 0.6) is 0 Å². The van der Waals surface area contributed by atoms with Crippen LogP contribution in [0.25, 0.3) is 0 Å². The lowest BCUT2D eigenvalue weighted by Crippen LogP contribution is -2.47. The van der Waals surface area contributed by atoms with Gasteiger partial charge in [0.05, 0.1) is 47.3 Å². The summed E-state index contributed by atoms with van der Waals surface area (Å²) < 4.78 is 336. The van der Waals surface area contributed by atoms with Gasteiger partial charge in [0.1, 0.15) is 124 Å². The average Bonchev–Trinajstić information content (AvgIpc) is 1.56. The third-order valence-corrected chi connectivity index (χ3v) is 33.0. The first-order valence-electron chi connectivity index (χ1n) is 47.0. The highest BCUT2D eigenvalue weighted by Crippen LogP contribution is 2.64. The Balaban J connectivity index is 0.000000202. The molecule has 60 heteroatoms. The van der Waals surface area contributed by atoms with Gasteiger partial charge in [0, 0.05) is 47.3 Å². The van der Waals surface area contributed by atoms with E-state index in [0.29, 0.717) is 72.6 Å². The van der Waals surface area contributed by atoms with E-state index in [4.69, 9.17) is 75.8 Å². The van der Waals surface area contributed by atoms with Crippen molar-refractivity contribution < 1.29 is 258 Å².